The predicted molar refractivity (Wildman–Crippen MR) is 93.5 cm³/mol. The fraction of sp³-hybridized carbons (Fsp3) is 0.158. The van der Waals surface area contributed by atoms with E-state index in [0.29, 0.717) is 11.0 Å². The highest BCUT2D eigenvalue weighted by Gasteiger charge is 2.19. The molecule has 0 saturated heterocycles. The highest BCUT2D eigenvalue weighted by molar-refractivity contribution is 5.88. The number of phenols is 2. The van der Waals surface area contributed by atoms with E-state index in [0.717, 1.165) is 33.9 Å². The lowest BCUT2D eigenvalue weighted by molar-refractivity contribution is 0.454. The monoisotopic (exact) mass is 319 g/mol. The van der Waals surface area contributed by atoms with Gasteiger partial charge in [-0.2, -0.15) is 0 Å². The maximum Gasteiger partial charge on any atom is 0.147 e. The van der Waals surface area contributed by atoms with Crippen LogP contribution in [0.15, 0.2) is 36.4 Å². The summed E-state index contributed by atoms with van der Waals surface area (Å²) in [6, 6.07) is 10.9. The molecule has 0 fully saturated rings. The number of imidazole rings is 1. The summed E-state index contributed by atoms with van der Waals surface area (Å²) in [7, 11) is 0. The minimum Gasteiger partial charge on any atom is -0.508 e. The van der Waals surface area contributed by atoms with Crippen LogP contribution in [0.5, 0.6) is 11.5 Å². The van der Waals surface area contributed by atoms with Crippen LogP contribution in [0.1, 0.15) is 17.0 Å². The minimum atomic E-state index is -0.0444. The van der Waals surface area contributed by atoms with Crippen molar-refractivity contribution in [2.24, 2.45) is 0 Å². The topological polar surface area (TPSA) is 70.7 Å². The lowest BCUT2D eigenvalue weighted by atomic mass is 10.1. The molecule has 0 unspecified atom stereocenters. The van der Waals surface area contributed by atoms with E-state index >= 15 is 0 Å². The summed E-state index contributed by atoms with van der Waals surface area (Å²) >= 11 is 0. The van der Waals surface area contributed by atoms with E-state index in [1.54, 1.807) is 6.07 Å². The zero-order valence-corrected chi connectivity index (χ0v) is 13.7. The van der Waals surface area contributed by atoms with Gasteiger partial charge in [0.2, 0.25) is 0 Å². The number of fused-ring (bicyclic) bond motifs is 3. The van der Waals surface area contributed by atoms with Crippen molar-refractivity contribution in [1.82, 2.24) is 14.4 Å². The van der Waals surface area contributed by atoms with Crippen LogP contribution in [-0.2, 0) is 0 Å². The van der Waals surface area contributed by atoms with Gasteiger partial charge in [-0.1, -0.05) is 24.3 Å². The van der Waals surface area contributed by atoms with Gasteiger partial charge in [0.05, 0.1) is 22.4 Å². The lowest BCUT2D eigenvalue weighted by Crippen LogP contribution is -1.98. The van der Waals surface area contributed by atoms with Gasteiger partial charge in [0, 0.05) is 17.7 Å². The smallest absolute Gasteiger partial charge is 0.147 e. The molecule has 4 rings (SSSR count). The fourth-order valence-electron chi connectivity index (χ4n) is 3.29. The molecule has 120 valence electrons. The average molecular weight is 319 g/mol. The van der Waals surface area contributed by atoms with Crippen LogP contribution in [0.3, 0.4) is 0 Å². The predicted octanol–water partition coefficient (Wildman–Crippen LogP) is 3.89. The number of benzene rings is 2. The third-order valence-electron chi connectivity index (χ3n) is 4.36. The maximum absolute atomic E-state index is 10.2. The molecule has 0 amide bonds. The quantitative estimate of drug-likeness (QED) is 0.558. The largest absolute Gasteiger partial charge is 0.508 e. The Labute approximate surface area is 138 Å². The number of aromatic hydroxyl groups is 2. The first-order chi connectivity index (χ1) is 11.5. The van der Waals surface area contributed by atoms with E-state index in [1.165, 1.54) is 6.07 Å². The van der Waals surface area contributed by atoms with Crippen molar-refractivity contribution < 1.29 is 10.2 Å². The van der Waals surface area contributed by atoms with Gasteiger partial charge in [-0.3, -0.25) is 4.40 Å². The molecule has 2 aromatic heterocycles. The molecule has 2 N–H and O–H groups in total. The molecule has 0 saturated carbocycles. The molecule has 5 nitrogen and oxygen atoms in total. The molecule has 0 radical (unpaired) electrons. The second-order valence-corrected chi connectivity index (χ2v) is 6.05. The second kappa shape index (κ2) is 4.96. The number of hydrogen-bond donors (Lipinski definition) is 2. The summed E-state index contributed by atoms with van der Waals surface area (Å²) in [5.74, 6) is 0.729. The van der Waals surface area contributed by atoms with Gasteiger partial charge >= 0.3 is 0 Å². The zero-order chi connectivity index (χ0) is 17.0. The third-order valence-corrected chi connectivity index (χ3v) is 4.36. The maximum atomic E-state index is 10.2. The van der Waals surface area contributed by atoms with Crippen LogP contribution in [0.2, 0.25) is 0 Å². The van der Waals surface area contributed by atoms with Gasteiger partial charge < -0.3 is 10.2 Å². The fourth-order valence-corrected chi connectivity index (χ4v) is 3.29. The highest BCUT2D eigenvalue weighted by Crippen LogP contribution is 2.34. The van der Waals surface area contributed by atoms with Gasteiger partial charge in [-0.25, -0.2) is 9.97 Å². The van der Waals surface area contributed by atoms with Crippen LogP contribution in [0.25, 0.3) is 27.9 Å². The summed E-state index contributed by atoms with van der Waals surface area (Å²) in [5.41, 5.74) is 5.74. The van der Waals surface area contributed by atoms with Gasteiger partial charge in [0.15, 0.2) is 0 Å². The van der Waals surface area contributed by atoms with E-state index < -0.39 is 0 Å². The Bertz CT molecular complexity index is 1110. The number of nitrogens with zero attached hydrogens (tertiary/aromatic N) is 3. The molecular formula is C19H17N3O2. The average Bonchev–Trinajstić information content (AvgIpc) is 2.87. The highest BCUT2D eigenvalue weighted by atomic mass is 16.3. The van der Waals surface area contributed by atoms with Gasteiger partial charge in [-0.05, 0) is 26.3 Å². The SMILES string of the molecule is Cc1ccccc1-c1nc(C)c2c(C)nc3c(O)cc(O)cc3n12. The summed E-state index contributed by atoms with van der Waals surface area (Å²) in [6.07, 6.45) is 0. The first kappa shape index (κ1) is 14.5. The van der Waals surface area contributed by atoms with E-state index in [9.17, 15) is 10.2 Å². The number of rotatable bonds is 1. The van der Waals surface area contributed by atoms with Gasteiger partial charge in [0.25, 0.3) is 0 Å². The molecule has 0 aliphatic rings. The first-order valence-corrected chi connectivity index (χ1v) is 7.74. The molecular weight excluding hydrogens is 302 g/mol. The summed E-state index contributed by atoms with van der Waals surface area (Å²) in [4.78, 5) is 9.26. The minimum absolute atomic E-state index is 0.00552. The molecule has 4 aromatic rings. The number of hydrogen-bond acceptors (Lipinski definition) is 4. The summed E-state index contributed by atoms with van der Waals surface area (Å²) in [6.45, 7) is 5.88. The molecule has 2 aromatic carbocycles. The Morgan fingerprint density at radius 3 is 2.38 bits per heavy atom. The first-order valence-electron chi connectivity index (χ1n) is 7.74. The Morgan fingerprint density at radius 2 is 1.62 bits per heavy atom. The molecule has 0 aliphatic carbocycles. The third kappa shape index (κ3) is 1.94. The van der Waals surface area contributed by atoms with E-state index in [1.807, 2.05) is 49.4 Å². The molecule has 0 bridgehead atoms. The Hall–Kier alpha value is -3.08. The van der Waals surface area contributed by atoms with Gasteiger partial charge in [0.1, 0.15) is 22.8 Å². The standard InChI is InChI=1S/C19H17N3O2/c1-10-6-4-5-7-14(10)19-21-12(3)18-11(2)20-17-15(22(18)19)8-13(23)9-16(17)24/h4-9,23-24H,1-3H3. The second-order valence-electron chi connectivity index (χ2n) is 6.05. The Kier molecular flexibility index (Phi) is 3.00. The van der Waals surface area contributed by atoms with Crippen LogP contribution in [0, 0.1) is 20.8 Å². The van der Waals surface area contributed by atoms with Crippen molar-refractivity contribution in [2.45, 2.75) is 20.8 Å². The molecule has 0 aliphatic heterocycles. The van der Waals surface area contributed by atoms with Crippen molar-refractivity contribution >= 4 is 16.6 Å². The van der Waals surface area contributed by atoms with Crippen molar-refractivity contribution in [3.05, 3.63) is 53.3 Å². The van der Waals surface area contributed by atoms with Crippen LogP contribution in [-0.4, -0.2) is 24.6 Å². The van der Waals surface area contributed by atoms with Crippen LogP contribution in [0.4, 0.5) is 0 Å². The molecule has 2 heterocycles. The zero-order valence-electron chi connectivity index (χ0n) is 13.7. The van der Waals surface area contributed by atoms with E-state index in [-0.39, 0.29) is 11.5 Å². The Balaban J connectivity index is 2.26. The number of aromatic nitrogens is 3. The number of aryl methyl sites for hydroxylation is 3. The van der Waals surface area contributed by atoms with E-state index in [2.05, 4.69) is 4.98 Å². The normalized spacial score (nSPS) is 11.5. The number of phenolic OH excluding ortho intramolecular Hbond substituents is 2. The van der Waals surface area contributed by atoms with Crippen molar-refractivity contribution in [1.29, 1.82) is 0 Å². The molecule has 5 heteroatoms. The van der Waals surface area contributed by atoms with Crippen molar-refractivity contribution in [3.8, 4) is 22.9 Å². The Morgan fingerprint density at radius 1 is 0.917 bits per heavy atom. The lowest BCUT2D eigenvalue weighted by Gasteiger charge is -2.11. The van der Waals surface area contributed by atoms with E-state index in [4.69, 9.17) is 4.98 Å². The van der Waals surface area contributed by atoms with Gasteiger partial charge in [-0.15, -0.1) is 0 Å². The van der Waals surface area contributed by atoms with Crippen LogP contribution < -0.4 is 0 Å². The molecule has 0 spiro atoms. The van der Waals surface area contributed by atoms with Crippen molar-refractivity contribution in [3.63, 3.8) is 0 Å². The molecule has 24 heavy (non-hydrogen) atoms. The van der Waals surface area contributed by atoms with Crippen molar-refractivity contribution in [2.75, 3.05) is 0 Å². The molecule has 0 atom stereocenters. The van der Waals surface area contributed by atoms with Crippen LogP contribution >= 0.6 is 0 Å². The summed E-state index contributed by atoms with van der Waals surface area (Å²) < 4.78 is 1.97. The summed E-state index contributed by atoms with van der Waals surface area (Å²) in [5, 5.41) is 20.1.